The molecule has 0 radical (unpaired) electrons. The van der Waals surface area contributed by atoms with Crippen LogP contribution in [0.3, 0.4) is 0 Å². The first kappa shape index (κ1) is 25.0. The molecule has 2 heterocycles. The lowest BCUT2D eigenvalue weighted by molar-refractivity contribution is 0.0793. The molecule has 34 heavy (non-hydrogen) atoms. The minimum absolute atomic E-state index is 0.00488. The van der Waals surface area contributed by atoms with Crippen molar-refractivity contribution in [2.75, 3.05) is 18.4 Å². The van der Waals surface area contributed by atoms with Crippen molar-refractivity contribution in [3.05, 3.63) is 53.5 Å². The third-order valence-electron chi connectivity index (χ3n) is 4.91. The van der Waals surface area contributed by atoms with Gasteiger partial charge < -0.3 is 25.9 Å². The number of H-pyrrole nitrogens is 1. The number of anilines is 1. The van der Waals surface area contributed by atoms with E-state index in [0.29, 0.717) is 33.6 Å². The summed E-state index contributed by atoms with van der Waals surface area (Å²) in [4.78, 5) is 12.0. The lowest BCUT2D eigenvalue weighted by Gasteiger charge is -2.14. The second-order valence-electron chi connectivity index (χ2n) is 7.10. The van der Waals surface area contributed by atoms with Crippen molar-refractivity contribution >= 4 is 33.5 Å². The number of hydrogen-bond donors (Lipinski definition) is 4. The average Bonchev–Trinajstić information content (AvgIpc) is 3.26. The number of para-hydroxylation sites is 1. The number of alkyl halides is 2. The molecule has 0 saturated carbocycles. The van der Waals surface area contributed by atoms with E-state index >= 15 is 0 Å². The smallest absolute Gasteiger partial charge is 0.272 e. The molecule has 182 valence electrons. The van der Waals surface area contributed by atoms with Gasteiger partial charge in [-0.25, -0.2) is 18.0 Å². The van der Waals surface area contributed by atoms with Crippen molar-refractivity contribution in [1.82, 2.24) is 15.0 Å². The van der Waals surface area contributed by atoms with Crippen LogP contribution in [0, 0.1) is 0 Å². The molecule has 6 N–H and O–H groups in total. The summed E-state index contributed by atoms with van der Waals surface area (Å²) in [6.07, 6.45) is 2.41. The quantitative estimate of drug-likeness (QED) is 0.318. The fourth-order valence-electron chi connectivity index (χ4n) is 3.28. The van der Waals surface area contributed by atoms with Gasteiger partial charge in [-0.3, -0.25) is 4.72 Å². The van der Waals surface area contributed by atoms with Gasteiger partial charge in [-0.15, -0.1) is 0 Å². The molecule has 0 aliphatic carbocycles. The largest absolute Gasteiger partial charge is 0.480 e. The Kier molecular flexibility index (Phi) is 8.05. The van der Waals surface area contributed by atoms with Crippen LogP contribution in [-0.4, -0.2) is 39.3 Å². The maximum Gasteiger partial charge on any atom is 0.272 e. The number of allylic oxidation sites excluding steroid dienone is 2. The van der Waals surface area contributed by atoms with Crippen LogP contribution in [0.1, 0.15) is 25.1 Å². The number of benzene rings is 1. The van der Waals surface area contributed by atoms with Crippen LogP contribution in [0.25, 0.3) is 16.6 Å². The number of ether oxygens (including phenoxy) is 2. The van der Waals surface area contributed by atoms with Gasteiger partial charge in [0.25, 0.3) is 12.3 Å². The van der Waals surface area contributed by atoms with E-state index in [1.54, 1.807) is 19.2 Å². The molecule has 1 aromatic carbocycles. The maximum atomic E-state index is 13.2. The highest BCUT2D eigenvalue weighted by molar-refractivity contribution is 7.86. The summed E-state index contributed by atoms with van der Waals surface area (Å²) in [6.45, 7) is 2.80. The zero-order chi connectivity index (χ0) is 24.8. The molecule has 3 rings (SSSR count). The molecule has 1 unspecified atom stereocenters. The van der Waals surface area contributed by atoms with Gasteiger partial charge in [0.2, 0.25) is 11.7 Å². The van der Waals surface area contributed by atoms with E-state index in [9.17, 15) is 13.0 Å². The van der Waals surface area contributed by atoms with E-state index in [0.717, 1.165) is 11.1 Å². The molecule has 9 nitrogen and oxygen atoms in total. The van der Waals surface area contributed by atoms with Crippen LogP contribution in [0.4, 0.5) is 14.7 Å². The molecule has 0 amide bonds. The summed E-state index contributed by atoms with van der Waals surface area (Å²) in [5.74, 6) is 0.00218. The summed E-state index contributed by atoms with van der Waals surface area (Å²) in [5.41, 5.74) is 14.9. The first-order chi connectivity index (χ1) is 16.3. The zero-order valence-electron chi connectivity index (χ0n) is 18.9. The Bertz CT molecular complexity index is 1230. The van der Waals surface area contributed by atoms with E-state index in [1.165, 1.54) is 13.3 Å². The van der Waals surface area contributed by atoms with Gasteiger partial charge in [0.05, 0.1) is 23.2 Å². The van der Waals surface area contributed by atoms with Crippen LogP contribution < -0.4 is 25.7 Å². The van der Waals surface area contributed by atoms with Gasteiger partial charge in [-0.1, -0.05) is 25.1 Å². The number of nitrogens with two attached hydrogens (primary N) is 2. The predicted octanol–water partition coefficient (Wildman–Crippen LogP) is 3.47. The first-order valence-corrected chi connectivity index (χ1v) is 11.4. The summed E-state index contributed by atoms with van der Waals surface area (Å²) in [6, 6.07) is 5.47. The van der Waals surface area contributed by atoms with Gasteiger partial charge in [-0.05, 0) is 31.2 Å². The van der Waals surface area contributed by atoms with E-state index < -0.39 is 24.0 Å². The minimum atomic E-state index is -2.66. The predicted molar refractivity (Wildman–Crippen MR) is 128 cm³/mol. The van der Waals surface area contributed by atoms with Crippen molar-refractivity contribution in [2.45, 2.75) is 31.6 Å². The number of fused-ring (bicyclic) bond motifs is 1. The number of nitrogens with zero attached hydrogens (tertiary/aromatic N) is 2. The number of rotatable bonds is 10. The first-order valence-electron chi connectivity index (χ1n) is 10.3. The molecule has 0 bridgehead atoms. The Morgan fingerprint density at radius 2 is 2.12 bits per heavy atom. The molecular weight excluding hydrogens is 466 g/mol. The molecule has 2 aromatic heterocycles. The topological polar surface area (TPSA) is 141 Å². The minimum Gasteiger partial charge on any atom is -0.480 e. The molecule has 0 spiro atoms. The SMILES string of the molecule is CCc1nc(NS(=O)c2c[nH]c3c(/C(N)=C(C)/C=C\N)cccc23)nc(OC)c1OCC(F)F. The third-order valence-corrected chi connectivity index (χ3v) is 6.01. The summed E-state index contributed by atoms with van der Waals surface area (Å²) in [5, 5.41) is 0.690. The number of aromatic nitrogens is 3. The van der Waals surface area contributed by atoms with Crippen LogP contribution in [0.5, 0.6) is 11.6 Å². The van der Waals surface area contributed by atoms with Gasteiger partial charge in [0.15, 0.2) is 11.0 Å². The van der Waals surface area contributed by atoms with Crippen molar-refractivity contribution in [2.24, 2.45) is 11.5 Å². The fraction of sp³-hybridized carbons (Fsp3) is 0.273. The van der Waals surface area contributed by atoms with Crippen molar-refractivity contribution < 1.29 is 22.5 Å². The monoisotopic (exact) mass is 492 g/mol. The van der Waals surface area contributed by atoms with E-state index in [4.69, 9.17) is 20.9 Å². The number of halogens is 2. The highest BCUT2D eigenvalue weighted by atomic mass is 32.2. The Labute approximate surface area is 197 Å². The van der Waals surface area contributed by atoms with Crippen LogP contribution in [0.2, 0.25) is 0 Å². The molecule has 1 atom stereocenters. The van der Waals surface area contributed by atoms with E-state index in [2.05, 4.69) is 19.7 Å². The lowest BCUT2D eigenvalue weighted by atomic mass is 10.1. The van der Waals surface area contributed by atoms with Crippen molar-refractivity contribution in [1.29, 1.82) is 0 Å². The van der Waals surface area contributed by atoms with E-state index in [-0.39, 0.29) is 17.6 Å². The fourth-order valence-corrected chi connectivity index (χ4v) is 4.18. The summed E-state index contributed by atoms with van der Waals surface area (Å²) < 4.78 is 51.4. The second kappa shape index (κ2) is 11.0. The third kappa shape index (κ3) is 5.28. The Morgan fingerprint density at radius 3 is 2.76 bits per heavy atom. The van der Waals surface area contributed by atoms with Crippen molar-refractivity contribution in [3.8, 4) is 11.6 Å². The number of nitrogens with one attached hydrogen (secondary N) is 2. The van der Waals surface area contributed by atoms with Gasteiger partial charge in [-0.2, -0.15) is 4.98 Å². The molecule has 3 aromatic rings. The zero-order valence-corrected chi connectivity index (χ0v) is 19.7. The normalized spacial score (nSPS) is 13.4. The second-order valence-corrected chi connectivity index (χ2v) is 8.28. The van der Waals surface area contributed by atoms with Gasteiger partial charge >= 0.3 is 0 Å². The lowest BCUT2D eigenvalue weighted by Crippen LogP contribution is -2.14. The van der Waals surface area contributed by atoms with E-state index in [1.807, 2.05) is 25.1 Å². The number of aromatic amines is 1. The summed E-state index contributed by atoms with van der Waals surface area (Å²) in [7, 11) is -0.433. The highest BCUT2D eigenvalue weighted by Crippen LogP contribution is 2.32. The van der Waals surface area contributed by atoms with Gasteiger partial charge in [0, 0.05) is 22.8 Å². The molecular formula is C22H26F2N6O3S. The molecule has 0 saturated heterocycles. The molecule has 0 aliphatic rings. The Balaban J connectivity index is 1.95. The van der Waals surface area contributed by atoms with Crippen LogP contribution >= 0.6 is 0 Å². The Hall–Kier alpha value is -3.67. The summed E-state index contributed by atoms with van der Waals surface area (Å²) >= 11 is 0. The molecule has 0 aliphatic heterocycles. The standard InChI is InChI=1S/C22H26F2N6O3S/c1-4-15-20(33-11-17(23)24)21(32-3)29-22(28-15)30-34(31)16-10-27-19-13(16)6-5-7-14(19)18(26)12(2)8-9-25/h5-10,17,27H,4,11,25-26H2,1-3H3,(H,28,29,30)/b9-8-,18-12-. The van der Waals surface area contributed by atoms with Crippen LogP contribution in [-0.2, 0) is 17.4 Å². The van der Waals surface area contributed by atoms with Crippen LogP contribution in [0.15, 0.2) is 47.1 Å². The maximum absolute atomic E-state index is 13.2. The molecule has 0 fully saturated rings. The molecule has 12 heteroatoms. The highest BCUT2D eigenvalue weighted by Gasteiger charge is 2.20. The number of methoxy groups -OCH3 is 1. The number of hydrogen-bond acceptors (Lipinski definition) is 7. The van der Waals surface area contributed by atoms with Gasteiger partial charge in [0.1, 0.15) is 6.61 Å². The number of aryl methyl sites for hydroxylation is 1. The average molecular weight is 493 g/mol. The van der Waals surface area contributed by atoms with Crippen molar-refractivity contribution in [3.63, 3.8) is 0 Å². The Morgan fingerprint density at radius 1 is 1.35 bits per heavy atom.